The third-order valence-corrected chi connectivity index (χ3v) is 4.28. The number of alkyl carbamates (subject to hydrolysis) is 1. The molecule has 2 fully saturated rings. The van der Waals surface area contributed by atoms with Crippen LogP contribution in [0.1, 0.15) is 59.8 Å². The molecule has 2 unspecified atom stereocenters. The normalized spacial score (nSPS) is 25.7. The molecule has 2 aliphatic rings. The third-order valence-electron chi connectivity index (χ3n) is 4.28. The fourth-order valence-electron chi connectivity index (χ4n) is 3.21. The highest BCUT2D eigenvalue weighted by Crippen LogP contribution is 2.37. The Labute approximate surface area is 133 Å². The number of carbonyl (C=O) groups excluding carboxylic acids is 2. The van der Waals surface area contributed by atoms with Crippen molar-refractivity contribution < 1.29 is 14.3 Å². The van der Waals surface area contributed by atoms with E-state index in [1.165, 1.54) is 19.3 Å². The average Bonchev–Trinajstić information content (AvgIpc) is 3.18. The van der Waals surface area contributed by atoms with Crippen LogP contribution in [0.25, 0.3) is 0 Å². The van der Waals surface area contributed by atoms with Crippen LogP contribution in [-0.2, 0) is 9.53 Å². The smallest absolute Gasteiger partial charge is 0.407 e. The van der Waals surface area contributed by atoms with Crippen LogP contribution in [0, 0.1) is 11.8 Å². The van der Waals surface area contributed by atoms with Crippen LogP contribution in [0.5, 0.6) is 0 Å². The standard InChI is InChI=1S/C17H30N2O3/c1-5-15(20)19-10-13(8-12-6-7-12)9-14(11-19)18-16(21)22-17(2,3)4/h12-14H,5-11H2,1-4H3,(H,18,21). The Morgan fingerprint density at radius 2 is 1.86 bits per heavy atom. The lowest BCUT2D eigenvalue weighted by Gasteiger charge is -2.38. The molecule has 1 N–H and O–H groups in total. The van der Waals surface area contributed by atoms with E-state index < -0.39 is 5.60 Å². The molecule has 22 heavy (non-hydrogen) atoms. The van der Waals surface area contributed by atoms with Crippen molar-refractivity contribution in [1.82, 2.24) is 10.2 Å². The van der Waals surface area contributed by atoms with Crippen molar-refractivity contribution in [2.75, 3.05) is 13.1 Å². The number of hydrogen-bond donors (Lipinski definition) is 1. The van der Waals surface area contributed by atoms with Gasteiger partial charge in [0.2, 0.25) is 5.91 Å². The fraction of sp³-hybridized carbons (Fsp3) is 0.882. The summed E-state index contributed by atoms with van der Waals surface area (Å²) in [5, 5.41) is 2.95. The molecule has 0 bridgehead atoms. The summed E-state index contributed by atoms with van der Waals surface area (Å²) in [6, 6.07) is 0.00264. The molecule has 1 aliphatic heterocycles. The summed E-state index contributed by atoms with van der Waals surface area (Å²) in [6.45, 7) is 8.91. The highest BCUT2D eigenvalue weighted by atomic mass is 16.6. The van der Waals surface area contributed by atoms with Gasteiger partial charge in [-0.1, -0.05) is 19.8 Å². The molecule has 0 radical (unpaired) electrons. The number of nitrogens with one attached hydrogen (secondary N) is 1. The van der Waals surface area contributed by atoms with E-state index in [2.05, 4.69) is 5.32 Å². The molecule has 2 amide bonds. The molecule has 1 saturated carbocycles. The van der Waals surface area contributed by atoms with E-state index in [0.29, 0.717) is 18.9 Å². The van der Waals surface area contributed by atoms with Crippen molar-refractivity contribution in [2.45, 2.75) is 71.4 Å². The van der Waals surface area contributed by atoms with Gasteiger partial charge >= 0.3 is 6.09 Å². The van der Waals surface area contributed by atoms with Gasteiger partial charge < -0.3 is 15.0 Å². The number of ether oxygens (including phenoxy) is 1. The Kier molecular flexibility index (Phi) is 5.35. The van der Waals surface area contributed by atoms with Crippen molar-refractivity contribution in [3.05, 3.63) is 0 Å². The van der Waals surface area contributed by atoms with Crippen LogP contribution in [0.15, 0.2) is 0 Å². The van der Waals surface area contributed by atoms with Crippen molar-refractivity contribution in [2.24, 2.45) is 11.8 Å². The number of nitrogens with zero attached hydrogens (tertiary/aromatic N) is 1. The molecule has 1 aliphatic carbocycles. The van der Waals surface area contributed by atoms with Gasteiger partial charge in [-0.05, 0) is 45.4 Å². The van der Waals surface area contributed by atoms with Gasteiger partial charge in [0.25, 0.3) is 0 Å². The second-order valence-corrected chi connectivity index (χ2v) is 7.78. The molecule has 0 aromatic heterocycles. The van der Waals surface area contributed by atoms with Crippen molar-refractivity contribution >= 4 is 12.0 Å². The second kappa shape index (κ2) is 6.88. The fourth-order valence-corrected chi connectivity index (χ4v) is 3.21. The number of amides is 2. The highest BCUT2D eigenvalue weighted by Gasteiger charge is 2.34. The van der Waals surface area contributed by atoms with Gasteiger partial charge in [0.1, 0.15) is 5.60 Å². The monoisotopic (exact) mass is 310 g/mol. The van der Waals surface area contributed by atoms with Gasteiger partial charge in [0.15, 0.2) is 0 Å². The maximum Gasteiger partial charge on any atom is 0.407 e. The van der Waals surface area contributed by atoms with Gasteiger partial charge in [0, 0.05) is 19.5 Å². The summed E-state index contributed by atoms with van der Waals surface area (Å²) in [7, 11) is 0. The first-order chi connectivity index (χ1) is 10.3. The zero-order valence-electron chi connectivity index (χ0n) is 14.4. The van der Waals surface area contributed by atoms with Crippen molar-refractivity contribution in [3.8, 4) is 0 Å². The van der Waals surface area contributed by atoms with Crippen LogP contribution in [0.2, 0.25) is 0 Å². The maximum absolute atomic E-state index is 12.1. The number of likely N-dealkylation sites (tertiary alicyclic amines) is 1. The van der Waals surface area contributed by atoms with Crippen LogP contribution >= 0.6 is 0 Å². The summed E-state index contributed by atoms with van der Waals surface area (Å²) in [5.74, 6) is 1.51. The van der Waals surface area contributed by atoms with E-state index in [4.69, 9.17) is 4.74 Å². The van der Waals surface area contributed by atoms with Crippen molar-refractivity contribution in [1.29, 1.82) is 0 Å². The van der Waals surface area contributed by atoms with Gasteiger partial charge in [-0.2, -0.15) is 0 Å². The SMILES string of the molecule is CCC(=O)N1CC(CC2CC2)CC(NC(=O)OC(C)(C)C)C1. The largest absolute Gasteiger partial charge is 0.444 e. The van der Waals surface area contributed by atoms with E-state index in [1.807, 2.05) is 32.6 Å². The minimum absolute atomic E-state index is 0.00264. The summed E-state index contributed by atoms with van der Waals surface area (Å²) < 4.78 is 5.34. The zero-order valence-corrected chi connectivity index (χ0v) is 14.4. The summed E-state index contributed by atoms with van der Waals surface area (Å²) in [6.07, 6.45) is 4.91. The predicted molar refractivity (Wildman–Crippen MR) is 85.5 cm³/mol. The summed E-state index contributed by atoms with van der Waals surface area (Å²) in [4.78, 5) is 25.9. The van der Waals surface area contributed by atoms with Crippen LogP contribution in [0.3, 0.4) is 0 Å². The lowest BCUT2D eigenvalue weighted by Crippen LogP contribution is -2.53. The molecule has 0 spiro atoms. The first kappa shape index (κ1) is 17.1. The molecular formula is C17H30N2O3. The molecule has 5 heteroatoms. The zero-order chi connectivity index (χ0) is 16.3. The molecule has 1 saturated heterocycles. The lowest BCUT2D eigenvalue weighted by molar-refractivity contribution is -0.133. The summed E-state index contributed by atoms with van der Waals surface area (Å²) >= 11 is 0. The predicted octanol–water partition coefficient (Wildman–Crippen LogP) is 2.94. The Morgan fingerprint density at radius 3 is 2.41 bits per heavy atom. The third kappa shape index (κ3) is 5.50. The van der Waals surface area contributed by atoms with Gasteiger partial charge in [-0.3, -0.25) is 4.79 Å². The van der Waals surface area contributed by atoms with E-state index >= 15 is 0 Å². The Balaban J connectivity index is 1.92. The van der Waals surface area contributed by atoms with Crippen molar-refractivity contribution in [3.63, 3.8) is 0 Å². The molecule has 5 nitrogen and oxygen atoms in total. The minimum atomic E-state index is -0.495. The Morgan fingerprint density at radius 1 is 1.18 bits per heavy atom. The number of hydrogen-bond acceptors (Lipinski definition) is 3. The molecule has 2 rings (SSSR count). The topological polar surface area (TPSA) is 58.6 Å². The maximum atomic E-state index is 12.1. The number of rotatable bonds is 4. The van der Waals surface area contributed by atoms with E-state index in [-0.39, 0.29) is 18.0 Å². The van der Waals surface area contributed by atoms with Gasteiger partial charge in [-0.15, -0.1) is 0 Å². The van der Waals surface area contributed by atoms with Crippen LogP contribution < -0.4 is 5.32 Å². The molecule has 2 atom stereocenters. The van der Waals surface area contributed by atoms with Crippen LogP contribution in [-0.4, -0.2) is 41.6 Å². The number of carbonyl (C=O) groups is 2. The van der Waals surface area contributed by atoms with E-state index in [1.54, 1.807) is 0 Å². The molecular weight excluding hydrogens is 280 g/mol. The average molecular weight is 310 g/mol. The lowest BCUT2D eigenvalue weighted by atomic mass is 9.89. The van der Waals surface area contributed by atoms with Gasteiger partial charge in [0.05, 0.1) is 6.04 Å². The Hall–Kier alpha value is -1.26. The molecule has 1 heterocycles. The minimum Gasteiger partial charge on any atom is -0.444 e. The summed E-state index contributed by atoms with van der Waals surface area (Å²) in [5.41, 5.74) is -0.495. The van der Waals surface area contributed by atoms with Crippen LogP contribution in [0.4, 0.5) is 4.79 Å². The highest BCUT2D eigenvalue weighted by molar-refractivity contribution is 5.76. The van der Waals surface area contributed by atoms with E-state index in [9.17, 15) is 9.59 Å². The van der Waals surface area contributed by atoms with Gasteiger partial charge in [-0.25, -0.2) is 4.79 Å². The first-order valence-corrected chi connectivity index (χ1v) is 8.54. The van der Waals surface area contributed by atoms with E-state index in [0.717, 1.165) is 18.9 Å². The Bertz CT molecular complexity index is 413. The molecule has 0 aromatic rings. The number of piperidine rings is 1. The molecule has 0 aromatic carbocycles. The second-order valence-electron chi connectivity index (χ2n) is 7.78. The quantitative estimate of drug-likeness (QED) is 0.868. The molecule has 126 valence electrons. The first-order valence-electron chi connectivity index (χ1n) is 8.54.